The number of benzene rings is 1. The smallest absolute Gasteiger partial charge is 0.223 e. The van der Waals surface area contributed by atoms with Gasteiger partial charge in [0.15, 0.2) is 5.65 Å². The molecule has 1 unspecified atom stereocenters. The number of hydrogen-bond donors (Lipinski definition) is 0. The van der Waals surface area contributed by atoms with E-state index in [-0.39, 0.29) is 11.8 Å². The van der Waals surface area contributed by atoms with E-state index in [0.29, 0.717) is 6.42 Å². The third kappa shape index (κ3) is 4.07. The van der Waals surface area contributed by atoms with E-state index in [2.05, 4.69) is 42.2 Å². The van der Waals surface area contributed by atoms with Crippen LogP contribution < -0.4 is 0 Å². The maximum absolute atomic E-state index is 12.8. The molecule has 5 nitrogen and oxygen atoms in total. The lowest BCUT2D eigenvalue weighted by Gasteiger charge is -2.32. The zero-order valence-electron chi connectivity index (χ0n) is 16.5. The van der Waals surface area contributed by atoms with Gasteiger partial charge in [0.2, 0.25) is 5.91 Å². The van der Waals surface area contributed by atoms with Gasteiger partial charge in [0.25, 0.3) is 0 Å². The summed E-state index contributed by atoms with van der Waals surface area (Å²) in [4.78, 5) is 16.0. The molecule has 0 saturated carbocycles. The molecule has 0 bridgehead atoms. The molecule has 0 N–H and O–H groups in total. The van der Waals surface area contributed by atoms with Crippen molar-refractivity contribution >= 4 is 23.3 Å². The third-order valence-corrected chi connectivity index (χ3v) is 6.54. The van der Waals surface area contributed by atoms with Crippen LogP contribution in [0.4, 0.5) is 0 Å². The van der Waals surface area contributed by atoms with Crippen molar-refractivity contribution in [3.8, 4) is 0 Å². The minimum atomic E-state index is 0.245. The molecule has 4 rings (SSSR count). The van der Waals surface area contributed by atoms with Crippen LogP contribution in [0.15, 0.2) is 47.5 Å². The summed E-state index contributed by atoms with van der Waals surface area (Å²) in [6.07, 6.45) is 4.65. The maximum atomic E-state index is 12.8. The van der Waals surface area contributed by atoms with Crippen molar-refractivity contribution in [1.29, 1.82) is 0 Å². The highest BCUT2D eigenvalue weighted by Crippen LogP contribution is 2.27. The van der Waals surface area contributed by atoms with Crippen molar-refractivity contribution in [2.45, 2.75) is 43.9 Å². The summed E-state index contributed by atoms with van der Waals surface area (Å²) in [6, 6.07) is 12.4. The van der Waals surface area contributed by atoms with E-state index in [1.807, 2.05) is 33.7 Å². The second-order valence-corrected chi connectivity index (χ2v) is 8.68. The fraction of sp³-hybridized carbons (Fsp3) is 0.409. The molecule has 6 heteroatoms. The fourth-order valence-corrected chi connectivity index (χ4v) is 4.71. The Morgan fingerprint density at radius 1 is 1.18 bits per heavy atom. The first kappa shape index (κ1) is 19.0. The summed E-state index contributed by atoms with van der Waals surface area (Å²) >= 11 is 1.76. The van der Waals surface area contributed by atoms with Crippen LogP contribution in [0.3, 0.4) is 0 Å². The fourth-order valence-electron chi connectivity index (χ4n) is 3.77. The van der Waals surface area contributed by atoms with Crippen molar-refractivity contribution in [2.24, 2.45) is 0 Å². The summed E-state index contributed by atoms with van der Waals surface area (Å²) in [5, 5.41) is 8.67. The number of hydrogen-bond acceptors (Lipinski definition) is 4. The molecule has 146 valence electrons. The quantitative estimate of drug-likeness (QED) is 0.608. The molecule has 3 aromatic rings. The highest BCUT2D eigenvalue weighted by atomic mass is 32.2. The van der Waals surface area contributed by atoms with Crippen molar-refractivity contribution in [3.63, 3.8) is 0 Å². The van der Waals surface area contributed by atoms with Gasteiger partial charge < -0.3 is 4.90 Å². The molecule has 1 aliphatic heterocycles. The van der Waals surface area contributed by atoms with Gasteiger partial charge in [-0.3, -0.25) is 9.20 Å². The number of amides is 1. The Labute approximate surface area is 170 Å². The van der Waals surface area contributed by atoms with E-state index in [1.165, 1.54) is 16.0 Å². The Hall–Kier alpha value is -2.34. The van der Waals surface area contributed by atoms with Gasteiger partial charge in [-0.25, -0.2) is 0 Å². The molecule has 1 aliphatic rings. The second kappa shape index (κ2) is 8.35. The first-order valence-corrected chi connectivity index (χ1v) is 10.9. The second-order valence-electron chi connectivity index (χ2n) is 7.51. The summed E-state index contributed by atoms with van der Waals surface area (Å²) in [5.41, 5.74) is 3.47. The Kier molecular flexibility index (Phi) is 5.67. The van der Waals surface area contributed by atoms with Crippen molar-refractivity contribution < 1.29 is 4.79 Å². The van der Waals surface area contributed by atoms with Gasteiger partial charge in [0.05, 0.1) is 0 Å². The molecule has 28 heavy (non-hydrogen) atoms. The highest BCUT2D eigenvalue weighted by Gasteiger charge is 2.27. The topological polar surface area (TPSA) is 50.5 Å². The van der Waals surface area contributed by atoms with Gasteiger partial charge in [0.1, 0.15) is 5.82 Å². The Bertz CT molecular complexity index is 984. The van der Waals surface area contributed by atoms with Crippen molar-refractivity contribution in [3.05, 3.63) is 59.5 Å². The van der Waals surface area contributed by atoms with E-state index in [4.69, 9.17) is 0 Å². The van der Waals surface area contributed by atoms with Crippen LogP contribution in [0.25, 0.3) is 5.65 Å². The lowest BCUT2D eigenvalue weighted by atomic mass is 9.97. The number of carbonyl (C=O) groups is 1. The van der Waals surface area contributed by atoms with E-state index in [9.17, 15) is 4.79 Å². The van der Waals surface area contributed by atoms with Gasteiger partial charge in [-0.05, 0) is 62.1 Å². The largest absolute Gasteiger partial charge is 0.342 e. The molecule has 1 fully saturated rings. The standard InChI is InChI=1S/C22H26N4OS/c1-16-8-9-19(14-17(16)2)28-13-10-21(27)25-11-5-6-18(15-25)22-24-23-20-7-3-4-12-26(20)22/h3-4,7-9,12,14,18H,5-6,10-11,13,15H2,1-2H3. The van der Waals surface area contributed by atoms with Crippen LogP contribution in [-0.4, -0.2) is 44.2 Å². The van der Waals surface area contributed by atoms with Crippen LogP contribution in [0, 0.1) is 13.8 Å². The van der Waals surface area contributed by atoms with Crippen LogP contribution >= 0.6 is 11.8 Å². The summed E-state index contributed by atoms with van der Waals surface area (Å²) in [5.74, 6) is 2.28. The number of thioether (sulfide) groups is 1. The first-order valence-electron chi connectivity index (χ1n) is 9.89. The van der Waals surface area contributed by atoms with E-state index in [0.717, 1.165) is 43.2 Å². The molecule has 3 heterocycles. The van der Waals surface area contributed by atoms with Gasteiger partial charge >= 0.3 is 0 Å². The number of fused-ring (bicyclic) bond motifs is 1. The Morgan fingerprint density at radius 2 is 2.07 bits per heavy atom. The Morgan fingerprint density at radius 3 is 2.93 bits per heavy atom. The number of aryl methyl sites for hydroxylation is 2. The van der Waals surface area contributed by atoms with Gasteiger partial charge in [-0.15, -0.1) is 22.0 Å². The number of aromatic nitrogens is 3. The monoisotopic (exact) mass is 394 g/mol. The SMILES string of the molecule is Cc1ccc(SCCC(=O)N2CCCC(c3nnc4ccccn34)C2)cc1C. The van der Waals surface area contributed by atoms with E-state index < -0.39 is 0 Å². The normalized spacial score (nSPS) is 17.2. The summed E-state index contributed by atoms with van der Waals surface area (Å²) in [7, 11) is 0. The molecule has 1 aromatic carbocycles. The molecule has 1 saturated heterocycles. The summed E-state index contributed by atoms with van der Waals surface area (Å²) in [6.45, 7) is 5.84. The van der Waals surface area contributed by atoms with Crippen molar-refractivity contribution in [2.75, 3.05) is 18.8 Å². The molecule has 1 amide bonds. The van der Waals surface area contributed by atoms with Gasteiger partial charge in [-0.1, -0.05) is 12.1 Å². The maximum Gasteiger partial charge on any atom is 0.223 e. The molecule has 1 atom stereocenters. The summed E-state index contributed by atoms with van der Waals surface area (Å²) < 4.78 is 2.05. The number of rotatable bonds is 5. The van der Waals surface area contributed by atoms with Gasteiger partial charge in [-0.2, -0.15) is 0 Å². The predicted molar refractivity (Wildman–Crippen MR) is 113 cm³/mol. The average molecular weight is 395 g/mol. The zero-order valence-corrected chi connectivity index (χ0v) is 17.3. The minimum Gasteiger partial charge on any atom is -0.342 e. The molecular formula is C22H26N4OS. The third-order valence-electron chi connectivity index (χ3n) is 5.54. The molecule has 0 radical (unpaired) electrons. The molecule has 0 aliphatic carbocycles. The highest BCUT2D eigenvalue weighted by molar-refractivity contribution is 7.99. The van der Waals surface area contributed by atoms with E-state index in [1.54, 1.807) is 11.8 Å². The zero-order chi connectivity index (χ0) is 19.5. The Balaban J connectivity index is 1.35. The average Bonchev–Trinajstić information content (AvgIpc) is 3.15. The lowest BCUT2D eigenvalue weighted by Crippen LogP contribution is -2.39. The van der Waals surface area contributed by atoms with Crippen LogP contribution in [-0.2, 0) is 4.79 Å². The lowest BCUT2D eigenvalue weighted by molar-refractivity contribution is -0.132. The minimum absolute atomic E-state index is 0.245. The van der Waals surface area contributed by atoms with Crippen LogP contribution in [0.5, 0.6) is 0 Å². The van der Waals surface area contributed by atoms with Crippen LogP contribution in [0.1, 0.15) is 42.1 Å². The van der Waals surface area contributed by atoms with Crippen molar-refractivity contribution in [1.82, 2.24) is 19.5 Å². The number of likely N-dealkylation sites (tertiary alicyclic amines) is 1. The number of pyridine rings is 1. The molecular weight excluding hydrogens is 368 g/mol. The number of piperidine rings is 1. The number of carbonyl (C=O) groups excluding carboxylic acids is 1. The first-order chi connectivity index (χ1) is 13.6. The number of nitrogens with zero attached hydrogens (tertiary/aromatic N) is 4. The molecule has 2 aromatic heterocycles. The van der Waals surface area contributed by atoms with E-state index >= 15 is 0 Å². The van der Waals surface area contributed by atoms with Gasteiger partial charge in [0, 0.05) is 42.3 Å². The predicted octanol–water partition coefficient (Wildman–Crippen LogP) is 4.23. The van der Waals surface area contributed by atoms with Crippen LogP contribution in [0.2, 0.25) is 0 Å². The molecule has 0 spiro atoms.